The molecule has 0 aliphatic heterocycles. The van der Waals surface area contributed by atoms with E-state index in [-0.39, 0.29) is 10.6 Å². The molecule has 0 radical (unpaired) electrons. The molecule has 78 valence electrons. The summed E-state index contributed by atoms with van der Waals surface area (Å²) in [5.41, 5.74) is 5.76. The van der Waals surface area contributed by atoms with Crippen LogP contribution in [0, 0.1) is 11.6 Å². The van der Waals surface area contributed by atoms with Gasteiger partial charge in [0.1, 0.15) is 11.6 Å². The molecule has 0 fully saturated rings. The van der Waals surface area contributed by atoms with Crippen molar-refractivity contribution in [3.05, 3.63) is 34.4 Å². The van der Waals surface area contributed by atoms with E-state index >= 15 is 0 Å². The van der Waals surface area contributed by atoms with Gasteiger partial charge in [0.15, 0.2) is 0 Å². The van der Waals surface area contributed by atoms with Gasteiger partial charge in [0.05, 0.1) is 5.02 Å². The molecule has 0 bridgehead atoms. The zero-order valence-corrected chi connectivity index (χ0v) is 8.61. The summed E-state index contributed by atoms with van der Waals surface area (Å²) in [6.07, 6.45) is 1.38. The minimum absolute atomic E-state index is 0.0773. The zero-order chi connectivity index (χ0) is 10.7. The number of halogens is 3. The van der Waals surface area contributed by atoms with E-state index in [9.17, 15) is 8.78 Å². The van der Waals surface area contributed by atoms with Crippen molar-refractivity contribution in [2.45, 2.75) is 25.8 Å². The largest absolute Gasteiger partial charge is 0.324 e. The summed E-state index contributed by atoms with van der Waals surface area (Å²) in [5, 5.41) is -0.203. The maximum absolute atomic E-state index is 13.3. The molecule has 1 nitrogen and oxygen atoms in total. The number of hydrogen-bond acceptors (Lipinski definition) is 1. The van der Waals surface area contributed by atoms with Crippen molar-refractivity contribution in [3.8, 4) is 0 Å². The smallest absolute Gasteiger partial charge is 0.142 e. The monoisotopic (exact) mass is 219 g/mol. The Balaban J connectivity index is 3.11. The highest BCUT2D eigenvalue weighted by molar-refractivity contribution is 6.31. The molecule has 1 aromatic rings. The second-order valence-corrected chi connectivity index (χ2v) is 3.53. The van der Waals surface area contributed by atoms with Crippen molar-refractivity contribution >= 4 is 11.6 Å². The number of nitrogens with two attached hydrogens (primary N) is 1. The van der Waals surface area contributed by atoms with Crippen LogP contribution in [0.2, 0.25) is 5.02 Å². The van der Waals surface area contributed by atoms with Gasteiger partial charge in [-0.2, -0.15) is 0 Å². The van der Waals surface area contributed by atoms with Crippen molar-refractivity contribution < 1.29 is 8.78 Å². The Morgan fingerprint density at radius 2 is 1.93 bits per heavy atom. The summed E-state index contributed by atoms with van der Waals surface area (Å²) in [6, 6.07) is 1.51. The summed E-state index contributed by atoms with van der Waals surface area (Å²) in [6.45, 7) is 1.92. The molecule has 1 rings (SSSR count). The molecule has 0 unspecified atom stereocenters. The Hall–Kier alpha value is -0.670. The van der Waals surface area contributed by atoms with Crippen LogP contribution in [-0.2, 0) is 0 Å². The van der Waals surface area contributed by atoms with E-state index in [1.54, 1.807) is 0 Å². The highest BCUT2D eigenvalue weighted by Crippen LogP contribution is 2.29. The van der Waals surface area contributed by atoms with E-state index in [0.717, 1.165) is 18.6 Å². The first-order valence-electron chi connectivity index (χ1n) is 4.46. The normalized spacial score (nSPS) is 12.9. The molecular weight excluding hydrogens is 208 g/mol. The van der Waals surface area contributed by atoms with Gasteiger partial charge in [-0.25, -0.2) is 8.78 Å². The lowest BCUT2D eigenvalue weighted by Crippen LogP contribution is -2.13. The zero-order valence-electron chi connectivity index (χ0n) is 7.86. The fraction of sp³-hybridized carbons (Fsp3) is 0.400. The summed E-state index contributed by atoms with van der Waals surface area (Å²) in [5.74, 6) is -1.17. The predicted molar refractivity (Wildman–Crippen MR) is 53.2 cm³/mol. The number of hydrogen-bond donors (Lipinski definition) is 1. The molecule has 0 aromatic heterocycles. The molecule has 2 N–H and O–H groups in total. The molecule has 4 heteroatoms. The quantitative estimate of drug-likeness (QED) is 0.775. The van der Waals surface area contributed by atoms with E-state index in [4.69, 9.17) is 17.3 Å². The van der Waals surface area contributed by atoms with Crippen LogP contribution in [0.25, 0.3) is 0 Å². The molecule has 0 amide bonds. The molecule has 0 aliphatic rings. The van der Waals surface area contributed by atoms with E-state index < -0.39 is 17.7 Å². The Bertz CT molecular complexity index is 328. The Morgan fingerprint density at radius 1 is 1.36 bits per heavy atom. The van der Waals surface area contributed by atoms with Gasteiger partial charge in [0.25, 0.3) is 0 Å². The van der Waals surface area contributed by atoms with Crippen molar-refractivity contribution in [3.63, 3.8) is 0 Å². The molecule has 0 aliphatic carbocycles. The van der Waals surface area contributed by atoms with Crippen LogP contribution in [0.5, 0.6) is 0 Å². The second-order valence-electron chi connectivity index (χ2n) is 3.15. The Labute approximate surface area is 86.9 Å². The van der Waals surface area contributed by atoms with Crippen LogP contribution in [0.4, 0.5) is 8.78 Å². The average molecular weight is 220 g/mol. The highest BCUT2D eigenvalue weighted by atomic mass is 35.5. The third-order valence-electron chi connectivity index (χ3n) is 2.05. The lowest BCUT2D eigenvalue weighted by molar-refractivity contribution is 0.545. The third kappa shape index (κ3) is 2.22. The molecule has 14 heavy (non-hydrogen) atoms. The van der Waals surface area contributed by atoms with Crippen LogP contribution >= 0.6 is 11.6 Å². The van der Waals surface area contributed by atoms with E-state index in [1.807, 2.05) is 6.92 Å². The Morgan fingerprint density at radius 3 is 2.50 bits per heavy atom. The van der Waals surface area contributed by atoms with E-state index in [0.29, 0.717) is 6.42 Å². The fourth-order valence-corrected chi connectivity index (χ4v) is 1.63. The van der Waals surface area contributed by atoms with Gasteiger partial charge in [0.2, 0.25) is 0 Å². The van der Waals surface area contributed by atoms with Crippen LogP contribution in [-0.4, -0.2) is 0 Å². The topological polar surface area (TPSA) is 26.0 Å². The standard InChI is InChI=1S/C10H12ClF2N/c1-2-3-8(14)9-6(12)4-5-7(13)10(9)11/h4-5,8H,2-3,14H2,1H3/t8-/m1/s1. The maximum atomic E-state index is 13.3. The van der Waals surface area contributed by atoms with Gasteiger partial charge in [0, 0.05) is 11.6 Å². The van der Waals surface area contributed by atoms with Crippen LogP contribution in [0.3, 0.4) is 0 Å². The van der Waals surface area contributed by atoms with Gasteiger partial charge in [-0.3, -0.25) is 0 Å². The molecule has 0 spiro atoms. The molecule has 0 heterocycles. The van der Waals surface area contributed by atoms with E-state index in [2.05, 4.69) is 0 Å². The minimum atomic E-state index is -0.630. The lowest BCUT2D eigenvalue weighted by atomic mass is 10.0. The summed E-state index contributed by atoms with van der Waals surface area (Å²) in [4.78, 5) is 0. The summed E-state index contributed by atoms with van der Waals surface area (Å²) in [7, 11) is 0. The fourth-order valence-electron chi connectivity index (χ4n) is 1.34. The minimum Gasteiger partial charge on any atom is -0.324 e. The first-order chi connectivity index (χ1) is 6.57. The van der Waals surface area contributed by atoms with Crippen molar-refractivity contribution in [2.24, 2.45) is 5.73 Å². The molecule has 1 atom stereocenters. The second kappa shape index (κ2) is 4.71. The highest BCUT2D eigenvalue weighted by Gasteiger charge is 2.17. The van der Waals surface area contributed by atoms with E-state index in [1.165, 1.54) is 0 Å². The van der Waals surface area contributed by atoms with Gasteiger partial charge < -0.3 is 5.73 Å². The summed E-state index contributed by atoms with van der Waals surface area (Å²) >= 11 is 5.63. The maximum Gasteiger partial charge on any atom is 0.142 e. The summed E-state index contributed by atoms with van der Waals surface area (Å²) < 4.78 is 26.3. The van der Waals surface area contributed by atoms with Crippen molar-refractivity contribution in [1.29, 1.82) is 0 Å². The van der Waals surface area contributed by atoms with Crippen LogP contribution in [0.15, 0.2) is 12.1 Å². The van der Waals surface area contributed by atoms with Crippen LogP contribution in [0.1, 0.15) is 31.4 Å². The van der Waals surface area contributed by atoms with Crippen molar-refractivity contribution in [1.82, 2.24) is 0 Å². The first kappa shape index (κ1) is 11.4. The SMILES string of the molecule is CCC[C@@H](N)c1c(F)ccc(F)c1Cl. The Kier molecular flexibility index (Phi) is 3.84. The van der Waals surface area contributed by atoms with Gasteiger partial charge >= 0.3 is 0 Å². The molecule has 1 aromatic carbocycles. The molecular formula is C10H12ClF2N. The van der Waals surface area contributed by atoms with Gasteiger partial charge in [-0.1, -0.05) is 24.9 Å². The average Bonchev–Trinajstić information content (AvgIpc) is 2.13. The van der Waals surface area contributed by atoms with Gasteiger partial charge in [-0.05, 0) is 18.6 Å². The van der Waals surface area contributed by atoms with Crippen LogP contribution < -0.4 is 5.73 Å². The first-order valence-corrected chi connectivity index (χ1v) is 4.84. The third-order valence-corrected chi connectivity index (χ3v) is 2.43. The number of rotatable bonds is 3. The molecule has 0 saturated carbocycles. The molecule has 0 saturated heterocycles. The van der Waals surface area contributed by atoms with Crippen molar-refractivity contribution in [2.75, 3.05) is 0 Å². The predicted octanol–water partition coefficient (Wildman–Crippen LogP) is 3.42. The van der Waals surface area contributed by atoms with Gasteiger partial charge in [-0.15, -0.1) is 0 Å². The number of benzene rings is 1. The lowest BCUT2D eigenvalue weighted by Gasteiger charge is -2.13.